The molecule has 3 fully saturated rings. The van der Waals surface area contributed by atoms with Crippen LogP contribution < -0.4 is 15.4 Å². The molecule has 1 aromatic carbocycles. The Kier molecular flexibility index (Phi) is 10.4. The summed E-state index contributed by atoms with van der Waals surface area (Å²) in [6, 6.07) is 6.70. The second kappa shape index (κ2) is 13.7. The van der Waals surface area contributed by atoms with E-state index in [1.165, 1.54) is 0 Å². The maximum Gasteiger partial charge on any atom is 0.316 e. The summed E-state index contributed by atoms with van der Waals surface area (Å²) in [5, 5.41) is 7.47. The Morgan fingerprint density at radius 2 is 1.84 bits per heavy atom. The molecule has 43 heavy (non-hydrogen) atoms. The second-order valence-electron chi connectivity index (χ2n) is 14.5. The number of nitrogens with one attached hydrogen (secondary N) is 2. The van der Waals surface area contributed by atoms with Crippen LogP contribution in [0.3, 0.4) is 0 Å². The van der Waals surface area contributed by atoms with E-state index in [1.54, 1.807) is 7.11 Å². The molecule has 2 bridgehead atoms. The molecular formula is C35H53N5O3. The molecule has 236 valence electrons. The van der Waals surface area contributed by atoms with Gasteiger partial charge in [-0.1, -0.05) is 54.5 Å². The van der Waals surface area contributed by atoms with E-state index >= 15 is 0 Å². The molecule has 8 heteroatoms. The number of aromatic nitrogens is 1. The first-order valence-electron chi connectivity index (χ1n) is 16.0. The van der Waals surface area contributed by atoms with E-state index in [-0.39, 0.29) is 24.0 Å². The van der Waals surface area contributed by atoms with Crippen LogP contribution in [0.1, 0.15) is 72.9 Å². The summed E-state index contributed by atoms with van der Waals surface area (Å²) in [5.74, 6) is 2.37. The van der Waals surface area contributed by atoms with Gasteiger partial charge in [0.05, 0.1) is 18.7 Å². The van der Waals surface area contributed by atoms with E-state index in [4.69, 9.17) is 4.74 Å². The fourth-order valence-corrected chi connectivity index (χ4v) is 6.93. The zero-order valence-electron chi connectivity index (χ0n) is 27.5. The third-order valence-electron chi connectivity index (χ3n) is 9.01. The van der Waals surface area contributed by atoms with Crippen LogP contribution in [0.25, 0.3) is 10.9 Å². The van der Waals surface area contributed by atoms with Crippen molar-refractivity contribution >= 4 is 22.8 Å². The summed E-state index contributed by atoms with van der Waals surface area (Å²) in [5.41, 5.74) is 1.38. The number of nitrogens with zero attached hydrogens (tertiary/aromatic N) is 3. The third-order valence-corrected chi connectivity index (χ3v) is 9.01. The Labute approximate surface area is 258 Å². The fourth-order valence-electron chi connectivity index (χ4n) is 6.93. The Morgan fingerprint density at radius 3 is 2.40 bits per heavy atom. The molecule has 4 heterocycles. The molecule has 3 saturated heterocycles. The van der Waals surface area contributed by atoms with Gasteiger partial charge in [-0.05, 0) is 78.3 Å². The van der Waals surface area contributed by atoms with E-state index in [9.17, 15) is 9.59 Å². The van der Waals surface area contributed by atoms with Gasteiger partial charge in [0, 0.05) is 37.3 Å². The number of urea groups is 1. The largest absolute Gasteiger partial charge is 0.497 e. The highest BCUT2D eigenvalue weighted by molar-refractivity contribution is 5.89. The van der Waals surface area contributed by atoms with Crippen LogP contribution in [-0.2, 0) is 4.79 Å². The van der Waals surface area contributed by atoms with E-state index in [0.29, 0.717) is 36.8 Å². The molecule has 4 unspecified atom stereocenters. The lowest BCUT2D eigenvalue weighted by Gasteiger charge is -2.51. The molecule has 2 aromatic rings. The minimum atomic E-state index is -0.673. The van der Waals surface area contributed by atoms with E-state index in [1.807, 2.05) is 56.1 Å². The van der Waals surface area contributed by atoms with Gasteiger partial charge >= 0.3 is 6.03 Å². The molecule has 0 radical (unpaired) electrons. The van der Waals surface area contributed by atoms with Crippen LogP contribution in [0.15, 0.2) is 43.1 Å². The summed E-state index contributed by atoms with van der Waals surface area (Å²) in [6.07, 6.45) is 6.01. The Balaban J connectivity index is 1.68. The number of rotatable bonds is 11. The molecule has 8 nitrogen and oxygen atoms in total. The van der Waals surface area contributed by atoms with Crippen LogP contribution >= 0.6 is 0 Å². The van der Waals surface area contributed by atoms with Crippen LogP contribution in [0, 0.1) is 29.1 Å². The number of carbonyl (C=O) groups excluding carboxylic acids is 2. The number of amides is 3. The maximum atomic E-state index is 14.0. The quantitative estimate of drug-likeness (QED) is 0.312. The highest BCUT2D eigenvalue weighted by atomic mass is 16.5. The van der Waals surface area contributed by atoms with Crippen LogP contribution in [0.4, 0.5) is 4.79 Å². The van der Waals surface area contributed by atoms with Crippen molar-refractivity contribution in [1.29, 1.82) is 0 Å². The molecular weight excluding hydrogens is 538 g/mol. The highest BCUT2D eigenvalue weighted by Gasteiger charge is 2.44. The van der Waals surface area contributed by atoms with Crippen molar-refractivity contribution in [1.82, 2.24) is 25.4 Å². The molecule has 0 spiro atoms. The monoisotopic (exact) mass is 591 g/mol. The van der Waals surface area contributed by atoms with E-state index in [2.05, 4.69) is 60.9 Å². The fraction of sp³-hybridized carbons (Fsp3) is 0.629. The van der Waals surface area contributed by atoms with Crippen molar-refractivity contribution in [2.24, 2.45) is 29.1 Å². The summed E-state index contributed by atoms with van der Waals surface area (Å²) >= 11 is 0. The number of ether oxygens (including phenoxy) is 1. The third kappa shape index (κ3) is 7.69. The summed E-state index contributed by atoms with van der Waals surface area (Å²) in [6.45, 7) is 21.9. The molecule has 1 aromatic heterocycles. The lowest BCUT2D eigenvalue weighted by Crippen LogP contribution is -2.61. The molecule has 2 N–H and O–H groups in total. The van der Waals surface area contributed by atoms with Gasteiger partial charge in [-0.2, -0.15) is 0 Å². The zero-order valence-corrected chi connectivity index (χ0v) is 27.5. The lowest BCUT2D eigenvalue weighted by molar-refractivity contribution is -0.136. The van der Waals surface area contributed by atoms with Crippen molar-refractivity contribution in [3.05, 3.63) is 48.7 Å². The average Bonchev–Trinajstić information content (AvgIpc) is 2.96. The normalized spacial score (nSPS) is 23.2. The van der Waals surface area contributed by atoms with Gasteiger partial charge < -0.3 is 20.3 Å². The molecule has 5 rings (SSSR count). The summed E-state index contributed by atoms with van der Waals surface area (Å²) in [7, 11) is 1.66. The average molecular weight is 592 g/mol. The number of pyridine rings is 1. The molecule has 6 atom stereocenters. The van der Waals surface area contributed by atoms with E-state index < -0.39 is 11.5 Å². The predicted octanol–water partition coefficient (Wildman–Crippen LogP) is 6.04. The highest BCUT2D eigenvalue weighted by Crippen LogP contribution is 2.42. The van der Waals surface area contributed by atoms with Crippen LogP contribution in [0.5, 0.6) is 5.75 Å². The molecule has 3 aliphatic rings. The maximum absolute atomic E-state index is 14.0. The van der Waals surface area contributed by atoms with E-state index in [0.717, 1.165) is 48.1 Å². The number of hydrogen-bond acceptors (Lipinski definition) is 5. The Morgan fingerprint density at radius 1 is 1.14 bits per heavy atom. The van der Waals surface area contributed by atoms with Crippen LogP contribution in [-0.4, -0.2) is 72.1 Å². The number of benzene rings is 1. The van der Waals surface area contributed by atoms with Gasteiger partial charge in [-0.15, -0.1) is 6.58 Å². The lowest BCUT2D eigenvalue weighted by atomic mass is 9.73. The van der Waals surface area contributed by atoms with Crippen molar-refractivity contribution in [3.8, 4) is 5.75 Å². The van der Waals surface area contributed by atoms with Gasteiger partial charge in [0.1, 0.15) is 11.8 Å². The number of hydrogen-bond donors (Lipinski definition) is 2. The van der Waals surface area contributed by atoms with Crippen LogP contribution in [0.2, 0.25) is 0 Å². The van der Waals surface area contributed by atoms with Crippen molar-refractivity contribution in [2.75, 3.05) is 33.3 Å². The number of carbonyl (C=O) groups is 2. The van der Waals surface area contributed by atoms with Crippen molar-refractivity contribution < 1.29 is 14.3 Å². The number of piperidine rings is 3. The molecule has 3 amide bonds. The minimum absolute atomic E-state index is 0.0324. The van der Waals surface area contributed by atoms with Crippen molar-refractivity contribution in [2.45, 2.75) is 79.4 Å². The SMILES string of the molecule is C=CC1CN2CCC1CC2[C@@H](NC(=O)N[C@@H](C(=O)N(CC(C)C)CC(C)C)C(C)(C)C)c1ccnc2ccc(OC)cc12. The molecule has 0 aliphatic carbocycles. The zero-order chi connectivity index (χ0) is 31.5. The number of methoxy groups -OCH3 is 1. The van der Waals surface area contributed by atoms with Gasteiger partial charge in [0.15, 0.2) is 0 Å². The summed E-state index contributed by atoms with van der Waals surface area (Å²) in [4.78, 5) is 37.1. The Bertz CT molecular complexity index is 1280. The van der Waals surface area contributed by atoms with Crippen molar-refractivity contribution in [3.63, 3.8) is 0 Å². The predicted molar refractivity (Wildman–Crippen MR) is 174 cm³/mol. The first-order valence-corrected chi connectivity index (χ1v) is 16.0. The molecule has 3 aliphatic heterocycles. The summed E-state index contributed by atoms with van der Waals surface area (Å²) < 4.78 is 5.56. The minimum Gasteiger partial charge on any atom is -0.497 e. The number of fused-ring (bicyclic) bond motifs is 4. The van der Waals surface area contributed by atoms with Gasteiger partial charge in [0.2, 0.25) is 5.91 Å². The Hall–Kier alpha value is -3.13. The van der Waals surface area contributed by atoms with Gasteiger partial charge in [0.25, 0.3) is 0 Å². The second-order valence-corrected chi connectivity index (χ2v) is 14.5. The topological polar surface area (TPSA) is 86.8 Å². The smallest absolute Gasteiger partial charge is 0.316 e. The first-order chi connectivity index (χ1) is 20.3. The van der Waals surface area contributed by atoms with Gasteiger partial charge in [-0.25, -0.2) is 4.79 Å². The standard InChI is InChI=1S/C35H53N5O3/c1-10-24-21-39-16-14-25(24)17-30(39)31(27-13-15-36-29-12-11-26(43-9)18-28(27)29)37-34(42)38-32(35(6,7)8)33(41)40(19-22(2)3)20-23(4)5/h10-13,15,18,22-25,30-32H,1,14,16-17,19-21H2,2-9H3,(H2,37,38,42)/t24?,25?,30?,31-,32-/m0/s1. The molecule has 0 saturated carbocycles. The first kappa shape index (κ1) is 32.8. The van der Waals surface area contributed by atoms with Gasteiger partial charge in [-0.3, -0.25) is 14.7 Å².